The van der Waals surface area contributed by atoms with E-state index in [-0.39, 0.29) is 19.6 Å². The number of nitrogens with one attached hydrogen (secondary N) is 1. The standard InChI is InChI=1S/C16H18F5N3O2/c1-9(15(20)21)22-3-5-24-14(16(25)26)2-4-23(24)8-11-12(18)6-10(17)7-13(11)19/h2,4,6-7,9,14-15,22H,3,5,8H2,1H3,(H,25,26). The molecule has 0 aromatic heterocycles. The zero-order valence-electron chi connectivity index (χ0n) is 13.8. The van der Waals surface area contributed by atoms with Gasteiger partial charge in [0.05, 0.1) is 12.6 Å². The van der Waals surface area contributed by atoms with Crippen LogP contribution < -0.4 is 5.32 Å². The highest BCUT2D eigenvalue weighted by atomic mass is 19.3. The first-order valence-electron chi connectivity index (χ1n) is 7.80. The number of carboxylic acids is 1. The van der Waals surface area contributed by atoms with E-state index >= 15 is 0 Å². The van der Waals surface area contributed by atoms with Crippen molar-refractivity contribution in [3.05, 3.63) is 47.4 Å². The van der Waals surface area contributed by atoms with Crippen LogP contribution in [0.25, 0.3) is 0 Å². The number of carboxylic acid groups (broad SMARTS) is 1. The molecule has 1 heterocycles. The zero-order valence-corrected chi connectivity index (χ0v) is 13.8. The smallest absolute Gasteiger partial charge is 0.326 e. The molecule has 1 aliphatic rings. The fraction of sp³-hybridized carbons (Fsp3) is 0.438. The normalized spacial score (nSPS) is 18.7. The highest BCUT2D eigenvalue weighted by Gasteiger charge is 2.32. The maximum Gasteiger partial charge on any atom is 0.326 e. The van der Waals surface area contributed by atoms with Crippen LogP contribution in [0, 0.1) is 17.5 Å². The fourth-order valence-corrected chi connectivity index (χ4v) is 2.53. The molecule has 0 amide bonds. The maximum absolute atomic E-state index is 13.8. The summed E-state index contributed by atoms with van der Waals surface area (Å²) in [4.78, 5) is 11.3. The lowest BCUT2D eigenvalue weighted by molar-refractivity contribution is -0.145. The number of rotatable bonds is 8. The van der Waals surface area contributed by atoms with Gasteiger partial charge in [0.2, 0.25) is 0 Å². The van der Waals surface area contributed by atoms with Gasteiger partial charge in [-0.15, -0.1) is 0 Å². The van der Waals surface area contributed by atoms with Gasteiger partial charge in [-0.3, -0.25) is 4.79 Å². The zero-order chi connectivity index (χ0) is 19.4. The van der Waals surface area contributed by atoms with Gasteiger partial charge in [0.15, 0.2) is 0 Å². The third kappa shape index (κ3) is 4.70. The van der Waals surface area contributed by atoms with Gasteiger partial charge in [0.1, 0.15) is 23.5 Å². The topological polar surface area (TPSA) is 55.8 Å². The van der Waals surface area contributed by atoms with E-state index in [1.807, 2.05) is 0 Å². The third-order valence-corrected chi connectivity index (χ3v) is 3.96. The number of aliphatic carboxylic acids is 1. The Kier molecular flexibility index (Phi) is 6.54. The number of hydrazine groups is 1. The first kappa shape index (κ1) is 20.1. The molecule has 26 heavy (non-hydrogen) atoms. The highest BCUT2D eigenvalue weighted by molar-refractivity contribution is 5.76. The molecule has 5 nitrogen and oxygen atoms in total. The van der Waals surface area contributed by atoms with Crippen LogP contribution in [0.4, 0.5) is 22.0 Å². The second kappa shape index (κ2) is 8.45. The fourth-order valence-electron chi connectivity index (χ4n) is 2.53. The molecule has 0 radical (unpaired) electrons. The van der Waals surface area contributed by atoms with Gasteiger partial charge in [0.25, 0.3) is 6.43 Å². The van der Waals surface area contributed by atoms with Crippen molar-refractivity contribution in [1.29, 1.82) is 0 Å². The van der Waals surface area contributed by atoms with Crippen LogP contribution in [0.5, 0.6) is 0 Å². The number of hydrogen-bond acceptors (Lipinski definition) is 4. The van der Waals surface area contributed by atoms with Gasteiger partial charge < -0.3 is 15.4 Å². The van der Waals surface area contributed by atoms with Crippen LogP contribution in [0.15, 0.2) is 24.4 Å². The molecular formula is C16H18F5N3O2. The molecule has 2 atom stereocenters. The SMILES string of the molecule is CC(NCCN1C(C(=O)O)C=CN1Cc1c(F)cc(F)cc1F)C(F)F. The quantitative estimate of drug-likeness (QED) is 0.680. The first-order chi connectivity index (χ1) is 12.2. The summed E-state index contributed by atoms with van der Waals surface area (Å²) in [5.74, 6) is -4.46. The number of carbonyl (C=O) groups is 1. The summed E-state index contributed by atoms with van der Waals surface area (Å²) in [6.45, 7) is 0.943. The van der Waals surface area contributed by atoms with Gasteiger partial charge in [-0.2, -0.15) is 0 Å². The second-order valence-electron chi connectivity index (χ2n) is 5.81. The number of benzene rings is 1. The summed E-state index contributed by atoms with van der Waals surface area (Å²) in [7, 11) is 0. The number of nitrogens with zero attached hydrogens (tertiary/aromatic N) is 2. The van der Waals surface area contributed by atoms with Gasteiger partial charge in [-0.05, 0) is 13.0 Å². The van der Waals surface area contributed by atoms with Crippen LogP contribution in [0.3, 0.4) is 0 Å². The molecule has 10 heteroatoms. The van der Waals surface area contributed by atoms with E-state index in [1.54, 1.807) is 0 Å². The van der Waals surface area contributed by atoms with Crippen molar-refractivity contribution in [3.8, 4) is 0 Å². The van der Waals surface area contributed by atoms with E-state index < -0.39 is 47.5 Å². The molecule has 0 saturated carbocycles. The average molecular weight is 379 g/mol. The van der Waals surface area contributed by atoms with Crippen LogP contribution in [-0.2, 0) is 11.3 Å². The Morgan fingerprint density at radius 3 is 2.42 bits per heavy atom. The van der Waals surface area contributed by atoms with E-state index in [4.69, 9.17) is 0 Å². The summed E-state index contributed by atoms with van der Waals surface area (Å²) < 4.78 is 65.7. The molecule has 0 spiro atoms. The Morgan fingerprint density at radius 1 is 1.27 bits per heavy atom. The van der Waals surface area contributed by atoms with Crippen LogP contribution in [-0.4, -0.2) is 52.7 Å². The summed E-state index contributed by atoms with van der Waals surface area (Å²) in [6.07, 6.45) is 0.0518. The first-order valence-corrected chi connectivity index (χ1v) is 7.80. The van der Waals surface area contributed by atoms with Crippen molar-refractivity contribution in [2.45, 2.75) is 32.0 Å². The monoisotopic (exact) mass is 379 g/mol. The minimum Gasteiger partial charge on any atom is -0.480 e. The van der Waals surface area contributed by atoms with Crippen molar-refractivity contribution in [1.82, 2.24) is 15.3 Å². The van der Waals surface area contributed by atoms with Crippen molar-refractivity contribution >= 4 is 5.97 Å². The van der Waals surface area contributed by atoms with Crippen LogP contribution in [0.2, 0.25) is 0 Å². The van der Waals surface area contributed by atoms with Crippen LogP contribution >= 0.6 is 0 Å². The molecule has 2 rings (SSSR count). The minimum absolute atomic E-state index is 0.00542. The third-order valence-electron chi connectivity index (χ3n) is 3.96. The summed E-state index contributed by atoms with van der Waals surface area (Å²) in [6, 6.07) is -1.13. The molecule has 144 valence electrons. The van der Waals surface area contributed by atoms with Gasteiger partial charge in [-0.25, -0.2) is 27.0 Å². The van der Waals surface area contributed by atoms with Gasteiger partial charge in [0, 0.05) is 37.0 Å². The van der Waals surface area contributed by atoms with E-state index in [9.17, 15) is 31.9 Å². The molecule has 2 N–H and O–H groups in total. The Bertz CT molecular complexity index is 663. The lowest BCUT2D eigenvalue weighted by Gasteiger charge is -2.32. The van der Waals surface area contributed by atoms with E-state index in [1.165, 1.54) is 29.2 Å². The number of halogens is 5. The number of alkyl halides is 2. The molecule has 1 aliphatic heterocycles. The van der Waals surface area contributed by atoms with Crippen molar-refractivity contribution in [2.24, 2.45) is 0 Å². The average Bonchev–Trinajstić information content (AvgIpc) is 2.93. The van der Waals surface area contributed by atoms with Crippen molar-refractivity contribution in [3.63, 3.8) is 0 Å². The van der Waals surface area contributed by atoms with Crippen LogP contribution in [0.1, 0.15) is 12.5 Å². The molecular weight excluding hydrogens is 361 g/mol. The lowest BCUT2D eigenvalue weighted by Crippen LogP contribution is -2.48. The van der Waals surface area contributed by atoms with Gasteiger partial charge in [-0.1, -0.05) is 0 Å². The molecule has 0 bridgehead atoms. The molecule has 0 fully saturated rings. The minimum atomic E-state index is -2.58. The Balaban J connectivity index is 2.11. The molecule has 0 saturated heterocycles. The molecule has 0 aliphatic carbocycles. The van der Waals surface area contributed by atoms with Crippen molar-refractivity contribution < 1.29 is 31.9 Å². The predicted octanol–water partition coefficient (Wildman–Crippen LogP) is 2.35. The highest BCUT2D eigenvalue weighted by Crippen LogP contribution is 2.22. The van der Waals surface area contributed by atoms with E-state index in [0.29, 0.717) is 12.1 Å². The predicted molar refractivity (Wildman–Crippen MR) is 82.6 cm³/mol. The maximum atomic E-state index is 13.8. The lowest BCUT2D eigenvalue weighted by atomic mass is 10.2. The number of hydrogen-bond donors (Lipinski definition) is 2. The van der Waals surface area contributed by atoms with E-state index in [2.05, 4.69) is 5.32 Å². The Labute approximate surface area is 146 Å². The second-order valence-corrected chi connectivity index (χ2v) is 5.81. The molecule has 1 aromatic carbocycles. The summed E-state index contributed by atoms with van der Waals surface area (Å²) in [5, 5.41) is 14.3. The Morgan fingerprint density at radius 2 is 1.88 bits per heavy atom. The van der Waals surface area contributed by atoms with E-state index in [0.717, 1.165) is 0 Å². The van der Waals surface area contributed by atoms with Gasteiger partial charge >= 0.3 is 5.97 Å². The largest absolute Gasteiger partial charge is 0.480 e. The Hall–Kier alpha value is -2.20. The molecule has 2 unspecified atom stereocenters. The summed E-state index contributed by atoms with van der Waals surface area (Å²) in [5.41, 5.74) is -0.430. The summed E-state index contributed by atoms with van der Waals surface area (Å²) >= 11 is 0. The van der Waals surface area contributed by atoms with Crippen molar-refractivity contribution in [2.75, 3.05) is 13.1 Å². The molecule has 1 aromatic rings.